The van der Waals surface area contributed by atoms with Crippen LogP contribution in [0.3, 0.4) is 0 Å². The van der Waals surface area contributed by atoms with Gasteiger partial charge in [-0.2, -0.15) is 0 Å². The highest BCUT2D eigenvalue weighted by Gasteiger charge is 2.04. The summed E-state index contributed by atoms with van der Waals surface area (Å²) in [5.74, 6) is -0.368. The van der Waals surface area contributed by atoms with Crippen molar-refractivity contribution >= 4 is 18.0 Å². The molecule has 0 amide bonds. The highest BCUT2D eigenvalue weighted by Crippen LogP contribution is 2.14. The SMILES string of the molecule is C=C(C)C(=O)Oc1ccc(/C=C/C(=O)OCCCCCC)cc1. The number of hydrogen-bond donors (Lipinski definition) is 0. The van der Waals surface area contributed by atoms with E-state index < -0.39 is 5.97 Å². The van der Waals surface area contributed by atoms with Gasteiger partial charge in [0.05, 0.1) is 6.61 Å². The summed E-state index contributed by atoms with van der Waals surface area (Å²) in [6.45, 7) is 7.71. The molecule has 0 saturated carbocycles. The van der Waals surface area contributed by atoms with Gasteiger partial charge < -0.3 is 9.47 Å². The average Bonchev–Trinajstić information content (AvgIpc) is 2.54. The van der Waals surface area contributed by atoms with Crippen LogP contribution in [0, 0.1) is 0 Å². The number of rotatable bonds is 9. The number of unbranched alkanes of at least 4 members (excludes halogenated alkanes) is 3. The van der Waals surface area contributed by atoms with Crippen molar-refractivity contribution in [3.8, 4) is 5.75 Å². The van der Waals surface area contributed by atoms with E-state index in [4.69, 9.17) is 9.47 Å². The molecule has 0 aliphatic rings. The Bertz CT molecular complexity index is 555. The normalized spacial score (nSPS) is 10.5. The summed E-state index contributed by atoms with van der Waals surface area (Å²) >= 11 is 0. The van der Waals surface area contributed by atoms with Gasteiger partial charge in [0, 0.05) is 11.6 Å². The maximum absolute atomic E-state index is 11.5. The fourth-order valence-corrected chi connectivity index (χ4v) is 1.76. The lowest BCUT2D eigenvalue weighted by Gasteiger charge is -2.04. The van der Waals surface area contributed by atoms with Gasteiger partial charge in [0.15, 0.2) is 0 Å². The molecule has 0 heterocycles. The second-order valence-corrected chi connectivity index (χ2v) is 5.30. The van der Waals surface area contributed by atoms with Gasteiger partial charge in [-0.25, -0.2) is 9.59 Å². The topological polar surface area (TPSA) is 52.6 Å². The van der Waals surface area contributed by atoms with Crippen LogP contribution in [0.1, 0.15) is 45.1 Å². The van der Waals surface area contributed by atoms with Gasteiger partial charge in [-0.05, 0) is 37.1 Å². The molecular formula is C19H24O4. The summed E-state index contributed by atoms with van der Waals surface area (Å²) in [4.78, 5) is 22.9. The number of benzene rings is 1. The van der Waals surface area contributed by atoms with Crippen LogP contribution in [-0.2, 0) is 14.3 Å². The molecule has 0 aliphatic heterocycles. The molecule has 0 unspecified atom stereocenters. The molecule has 4 heteroatoms. The van der Waals surface area contributed by atoms with E-state index in [9.17, 15) is 9.59 Å². The quantitative estimate of drug-likeness (QED) is 0.295. The first-order valence-corrected chi connectivity index (χ1v) is 7.85. The Balaban J connectivity index is 2.40. The summed E-state index contributed by atoms with van der Waals surface area (Å²) in [6, 6.07) is 6.84. The zero-order valence-electron chi connectivity index (χ0n) is 13.8. The second kappa shape index (κ2) is 10.4. The molecule has 1 aromatic carbocycles. The molecule has 0 aliphatic carbocycles. The van der Waals surface area contributed by atoms with E-state index in [1.807, 2.05) is 0 Å². The van der Waals surface area contributed by atoms with E-state index in [2.05, 4.69) is 13.5 Å². The minimum atomic E-state index is -0.458. The van der Waals surface area contributed by atoms with Crippen LogP contribution in [0.5, 0.6) is 5.75 Å². The number of carbonyl (C=O) groups is 2. The molecule has 0 saturated heterocycles. The Morgan fingerprint density at radius 2 is 1.83 bits per heavy atom. The van der Waals surface area contributed by atoms with Gasteiger partial charge in [0.25, 0.3) is 0 Å². The Morgan fingerprint density at radius 1 is 1.13 bits per heavy atom. The molecule has 1 aromatic rings. The van der Waals surface area contributed by atoms with Crippen molar-refractivity contribution < 1.29 is 19.1 Å². The Kier molecular flexibility index (Phi) is 8.43. The van der Waals surface area contributed by atoms with Gasteiger partial charge in [-0.1, -0.05) is 44.9 Å². The zero-order chi connectivity index (χ0) is 17.1. The van der Waals surface area contributed by atoms with E-state index in [0.29, 0.717) is 17.9 Å². The molecule has 0 fully saturated rings. The summed E-state index contributed by atoms with van der Waals surface area (Å²) in [5.41, 5.74) is 1.17. The van der Waals surface area contributed by atoms with Crippen LogP contribution in [0.25, 0.3) is 6.08 Å². The van der Waals surface area contributed by atoms with Crippen molar-refractivity contribution in [3.05, 3.63) is 48.1 Å². The maximum Gasteiger partial charge on any atom is 0.338 e. The summed E-state index contributed by atoms with van der Waals surface area (Å²) < 4.78 is 10.2. The third-order valence-corrected chi connectivity index (χ3v) is 3.09. The Hall–Kier alpha value is -2.36. The first-order chi connectivity index (χ1) is 11.0. The van der Waals surface area contributed by atoms with E-state index in [0.717, 1.165) is 31.2 Å². The smallest absolute Gasteiger partial charge is 0.338 e. The molecule has 124 valence electrons. The highest BCUT2D eigenvalue weighted by molar-refractivity contribution is 5.89. The van der Waals surface area contributed by atoms with Crippen molar-refractivity contribution in [2.45, 2.75) is 39.5 Å². The number of ether oxygens (including phenoxy) is 2. The van der Waals surface area contributed by atoms with Crippen LogP contribution >= 0.6 is 0 Å². The molecule has 0 bridgehead atoms. The second-order valence-electron chi connectivity index (χ2n) is 5.30. The van der Waals surface area contributed by atoms with E-state index in [1.54, 1.807) is 37.3 Å². The first kappa shape index (κ1) is 18.7. The van der Waals surface area contributed by atoms with Gasteiger partial charge in [-0.15, -0.1) is 0 Å². The van der Waals surface area contributed by atoms with Crippen molar-refractivity contribution in [1.82, 2.24) is 0 Å². The maximum atomic E-state index is 11.5. The predicted molar refractivity (Wildman–Crippen MR) is 91.0 cm³/mol. The van der Waals surface area contributed by atoms with Gasteiger partial charge in [-0.3, -0.25) is 0 Å². The van der Waals surface area contributed by atoms with Crippen LogP contribution in [0.2, 0.25) is 0 Å². The fraction of sp³-hybridized carbons (Fsp3) is 0.368. The number of hydrogen-bond acceptors (Lipinski definition) is 4. The minimum absolute atomic E-state index is 0.343. The molecule has 0 atom stereocenters. The highest BCUT2D eigenvalue weighted by atomic mass is 16.5. The molecule has 0 N–H and O–H groups in total. The van der Waals surface area contributed by atoms with E-state index in [1.165, 1.54) is 6.08 Å². The average molecular weight is 316 g/mol. The molecular weight excluding hydrogens is 292 g/mol. The van der Waals surface area contributed by atoms with Gasteiger partial charge in [0.1, 0.15) is 5.75 Å². The molecule has 0 radical (unpaired) electrons. The zero-order valence-corrected chi connectivity index (χ0v) is 13.8. The molecule has 0 aromatic heterocycles. The van der Waals surface area contributed by atoms with Gasteiger partial charge in [0.2, 0.25) is 0 Å². The van der Waals surface area contributed by atoms with Crippen molar-refractivity contribution in [1.29, 1.82) is 0 Å². The third kappa shape index (κ3) is 8.00. The molecule has 1 rings (SSSR count). The van der Waals surface area contributed by atoms with Crippen molar-refractivity contribution in [2.24, 2.45) is 0 Å². The first-order valence-electron chi connectivity index (χ1n) is 7.85. The molecule has 4 nitrogen and oxygen atoms in total. The number of esters is 2. The minimum Gasteiger partial charge on any atom is -0.463 e. The van der Waals surface area contributed by atoms with Crippen LogP contribution in [0.4, 0.5) is 0 Å². The van der Waals surface area contributed by atoms with Crippen LogP contribution in [-0.4, -0.2) is 18.5 Å². The van der Waals surface area contributed by atoms with Crippen molar-refractivity contribution in [2.75, 3.05) is 6.61 Å². The van der Waals surface area contributed by atoms with Gasteiger partial charge >= 0.3 is 11.9 Å². The lowest BCUT2D eigenvalue weighted by molar-refractivity contribution is -0.137. The lowest BCUT2D eigenvalue weighted by Crippen LogP contribution is -2.07. The summed E-state index contributed by atoms with van der Waals surface area (Å²) in [5, 5.41) is 0. The summed E-state index contributed by atoms with van der Waals surface area (Å²) in [6.07, 6.45) is 7.36. The Morgan fingerprint density at radius 3 is 2.43 bits per heavy atom. The van der Waals surface area contributed by atoms with E-state index in [-0.39, 0.29) is 5.97 Å². The fourth-order valence-electron chi connectivity index (χ4n) is 1.76. The molecule has 23 heavy (non-hydrogen) atoms. The number of carbonyl (C=O) groups excluding carboxylic acids is 2. The predicted octanol–water partition coefficient (Wildman–Crippen LogP) is 4.30. The monoisotopic (exact) mass is 316 g/mol. The largest absolute Gasteiger partial charge is 0.463 e. The van der Waals surface area contributed by atoms with Crippen LogP contribution in [0.15, 0.2) is 42.5 Å². The van der Waals surface area contributed by atoms with E-state index >= 15 is 0 Å². The third-order valence-electron chi connectivity index (χ3n) is 3.09. The van der Waals surface area contributed by atoms with Crippen LogP contribution < -0.4 is 4.74 Å². The standard InChI is InChI=1S/C19H24O4/c1-4-5-6-7-14-22-18(20)13-10-16-8-11-17(12-9-16)23-19(21)15(2)3/h8-13H,2,4-7,14H2,1,3H3/b13-10+. The lowest BCUT2D eigenvalue weighted by atomic mass is 10.2. The molecule has 0 spiro atoms. The summed E-state index contributed by atoms with van der Waals surface area (Å²) in [7, 11) is 0. The van der Waals surface area contributed by atoms with Crippen molar-refractivity contribution in [3.63, 3.8) is 0 Å². The Labute approximate surface area is 137 Å².